The molecule has 5 nitrogen and oxygen atoms in total. The molecule has 2 aromatic rings. The van der Waals surface area contributed by atoms with Gasteiger partial charge in [0, 0.05) is 13.0 Å². The van der Waals surface area contributed by atoms with Crippen LogP contribution in [-0.2, 0) is 14.8 Å². The van der Waals surface area contributed by atoms with Crippen molar-refractivity contribution in [1.82, 2.24) is 5.32 Å². The van der Waals surface area contributed by atoms with E-state index < -0.39 is 10.0 Å². The van der Waals surface area contributed by atoms with Crippen LogP contribution < -0.4 is 9.62 Å². The van der Waals surface area contributed by atoms with Gasteiger partial charge in [-0.05, 0) is 68.0 Å². The minimum Gasteiger partial charge on any atom is -0.349 e. The van der Waals surface area contributed by atoms with Crippen LogP contribution in [0, 0.1) is 20.8 Å². The van der Waals surface area contributed by atoms with Crippen LogP contribution in [0.15, 0.2) is 42.5 Å². The van der Waals surface area contributed by atoms with Gasteiger partial charge in [-0.3, -0.25) is 9.10 Å². The van der Waals surface area contributed by atoms with Crippen molar-refractivity contribution in [2.75, 3.05) is 17.1 Å². The van der Waals surface area contributed by atoms with Gasteiger partial charge in [0.2, 0.25) is 15.9 Å². The largest absolute Gasteiger partial charge is 0.349 e. The molecule has 158 valence electrons. The van der Waals surface area contributed by atoms with E-state index in [-0.39, 0.29) is 24.9 Å². The maximum atomic E-state index is 12.5. The summed E-state index contributed by atoms with van der Waals surface area (Å²) in [6.07, 6.45) is 2.73. The van der Waals surface area contributed by atoms with Crippen molar-refractivity contribution in [3.63, 3.8) is 0 Å². The van der Waals surface area contributed by atoms with Crippen LogP contribution in [0.3, 0.4) is 0 Å². The van der Waals surface area contributed by atoms with E-state index in [2.05, 4.69) is 37.4 Å². The maximum absolute atomic E-state index is 12.5. The molecule has 0 aliphatic heterocycles. The van der Waals surface area contributed by atoms with Gasteiger partial charge in [0.05, 0.1) is 18.0 Å². The van der Waals surface area contributed by atoms with Crippen LogP contribution in [0.5, 0.6) is 0 Å². The van der Waals surface area contributed by atoms with Gasteiger partial charge in [-0.25, -0.2) is 8.42 Å². The molecular weight excluding hydrogens is 384 g/mol. The smallest absolute Gasteiger partial charge is 0.232 e. The minimum absolute atomic E-state index is 0.0374. The third-order valence-electron chi connectivity index (χ3n) is 5.13. The molecule has 0 aliphatic rings. The summed E-state index contributed by atoms with van der Waals surface area (Å²) < 4.78 is 25.8. The van der Waals surface area contributed by atoms with Crippen molar-refractivity contribution >= 4 is 21.6 Å². The van der Waals surface area contributed by atoms with E-state index in [0.717, 1.165) is 17.5 Å². The summed E-state index contributed by atoms with van der Waals surface area (Å²) in [5, 5.41) is 3.08. The molecule has 1 amide bonds. The fraction of sp³-hybridized carbons (Fsp3) is 0.435. The van der Waals surface area contributed by atoms with E-state index >= 15 is 0 Å². The highest BCUT2D eigenvalue weighted by molar-refractivity contribution is 7.92. The number of hydrogen-bond acceptors (Lipinski definition) is 3. The topological polar surface area (TPSA) is 66.5 Å². The van der Waals surface area contributed by atoms with Gasteiger partial charge < -0.3 is 5.32 Å². The normalized spacial score (nSPS) is 12.4. The first-order valence-electron chi connectivity index (χ1n) is 10.0. The third-order valence-corrected chi connectivity index (χ3v) is 6.33. The predicted molar refractivity (Wildman–Crippen MR) is 120 cm³/mol. The van der Waals surface area contributed by atoms with Crippen molar-refractivity contribution in [1.29, 1.82) is 0 Å². The molecule has 0 aromatic heterocycles. The highest BCUT2D eigenvalue weighted by Gasteiger charge is 2.18. The van der Waals surface area contributed by atoms with Crippen LogP contribution >= 0.6 is 0 Å². The number of benzene rings is 2. The van der Waals surface area contributed by atoms with Crippen molar-refractivity contribution in [3.05, 3.63) is 64.7 Å². The van der Waals surface area contributed by atoms with Crippen molar-refractivity contribution < 1.29 is 13.2 Å². The van der Waals surface area contributed by atoms with Gasteiger partial charge in [0.25, 0.3) is 0 Å². The predicted octanol–water partition coefficient (Wildman–Crippen LogP) is 4.43. The van der Waals surface area contributed by atoms with Crippen molar-refractivity contribution in [2.24, 2.45) is 0 Å². The lowest BCUT2D eigenvalue weighted by Crippen LogP contribution is -2.33. The van der Waals surface area contributed by atoms with E-state index in [9.17, 15) is 13.2 Å². The first-order valence-corrected chi connectivity index (χ1v) is 11.9. The fourth-order valence-corrected chi connectivity index (χ4v) is 4.28. The molecule has 0 radical (unpaired) electrons. The molecule has 1 N–H and O–H groups in total. The van der Waals surface area contributed by atoms with Crippen LogP contribution in [0.1, 0.15) is 54.5 Å². The number of hydrogen-bond donors (Lipinski definition) is 1. The quantitative estimate of drug-likeness (QED) is 0.658. The average molecular weight is 417 g/mol. The lowest BCUT2D eigenvalue weighted by molar-refractivity contribution is -0.121. The van der Waals surface area contributed by atoms with Crippen LogP contribution in [0.2, 0.25) is 0 Å². The zero-order valence-electron chi connectivity index (χ0n) is 18.0. The van der Waals surface area contributed by atoms with E-state index in [4.69, 9.17) is 0 Å². The molecule has 2 rings (SSSR count). The van der Waals surface area contributed by atoms with Crippen molar-refractivity contribution in [3.8, 4) is 0 Å². The van der Waals surface area contributed by atoms with Crippen molar-refractivity contribution in [2.45, 2.75) is 53.0 Å². The molecule has 6 heteroatoms. The first kappa shape index (κ1) is 22.9. The molecule has 29 heavy (non-hydrogen) atoms. The molecule has 0 unspecified atom stereocenters. The Morgan fingerprint density at radius 3 is 2.38 bits per heavy atom. The lowest BCUT2D eigenvalue weighted by Gasteiger charge is -2.23. The lowest BCUT2D eigenvalue weighted by atomic mass is 9.99. The second-order valence-electron chi connectivity index (χ2n) is 7.65. The van der Waals surface area contributed by atoms with Gasteiger partial charge in [0.1, 0.15) is 0 Å². The van der Waals surface area contributed by atoms with Crippen LogP contribution in [-0.4, -0.2) is 27.1 Å². The summed E-state index contributed by atoms with van der Waals surface area (Å²) in [5.74, 6) is -0.0622. The summed E-state index contributed by atoms with van der Waals surface area (Å²) in [4.78, 5) is 12.5. The number of aryl methyl sites for hydroxylation is 3. The zero-order chi connectivity index (χ0) is 21.6. The van der Waals surface area contributed by atoms with E-state index in [1.54, 1.807) is 6.07 Å². The van der Waals surface area contributed by atoms with E-state index in [1.807, 2.05) is 32.0 Å². The van der Waals surface area contributed by atoms with Gasteiger partial charge in [-0.1, -0.05) is 37.3 Å². The number of anilines is 1. The minimum atomic E-state index is -3.41. The molecule has 0 aliphatic carbocycles. The van der Waals surface area contributed by atoms with Gasteiger partial charge in [-0.15, -0.1) is 0 Å². The summed E-state index contributed by atoms with van der Waals surface area (Å²) >= 11 is 0. The molecule has 0 saturated carbocycles. The number of amides is 1. The Hall–Kier alpha value is -2.34. The Labute approximate surface area is 175 Å². The van der Waals surface area contributed by atoms with Crippen LogP contribution in [0.25, 0.3) is 0 Å². The molecular formula is C23H32N2O3S. The van der Waals surface area contributed by atoms with Gasteiger partial charge >= 0.3 is 0 Å². The summed E-state index contributed by atoms with van der Waals surface area (Å²) in [5.41, 5.74) is 5.16. The Bertz CT molecular complexity index is 954. The number of nitrogens with one attached hydrogen (secondary N) is 1. The zero-order valence-corrected chi connectivity index (χ0v) is 18.8. The first-order chi connectivity index (χ1) is 13.6. The van der Waals surface area contributed by atoms with Gasteiger partial charge in [-0.2, -0.15) is 0 Å². The Morgan fingerprint density at radius 2 is 1.79 bits per heavy atom. The summed E-state index contributed by atoms with van der Waals surface area (Å²) in [6, 6.07) is 13.6. The molecule has 0 saturated heterocycles. The Morgan fingerprint density at radius 1 is 1.07 bits per heavy atom. The summed E-state index contributed by atoms with van der Waals surface area (Å²) in [6.45, 7) is 8.38. The number of carbonyl (C=O) groups is 1. The number of nitrogens with zero attached hydrogens (tertiary/aromatic N) is 1. The monoisotopic (exact) mass is 416 g/mol. The highest BCUT2D eigenvalue weighted by atomic mass is 32.2. The SMILES string of the molecule is CC[C@@H](NC(=O)CCCN(c1cccc(C)c1)S(C)(=O)=O)c1ccc(C)c(C)c1. The van der Waals surface area contributed by atoms with E-state index in [1.165, 1.54) is 21.7 Å². The second kappa shape index (κ2) is 9.92. The number of carbonyl (C=O) groups excluding carboxylic acids is 1. The maximum Gasteiger partial charge on any atom is 0.232 e. The fourth-order valence-electron chi connectivity index (χ4n) is 3.32. The molecule has 0 bridgehead atoms. The molecule has 2 aromatic carbocycles. The average Bonchev–Trinajstić information content (AvgIpc) is 2.64. The summed E-state index contributed by atoms with van der Waals surface area (Å²) in [7, 11) is -3.41. The standard InChI is InChI=1S/C23H32N2O3S/c1-6-22(20-13-12-18(3)19(4)16-20)24-23(26)11-8-14-25(29(5,27)28)21-10-7-9-17(2)15-21/h7,9-10,12-13,15-16,22H,6,8,11,14H2,1-5H3,(H,24,26)/t22-/m1/s1. The molecule has 0 spiro atoms. The third kappa shape index (κ3) is 6.60. The van der Waals surface area contributed by atoms with E-state index in [0.29, 0.717) is 12.1 Å². The molecule has 0 heterocycles. The van der Waals surface area contributed by atoms with Crippen LogP contribution in [0.4, 0.5) is 5.69 Å². The Balaban J connectivity index is 1.98. The number of sulfonamides is 1. The highest BCUT2D eigenvalue weighted by Crippen LogP contribution is 2.21. The second-order valence-corrected chi connectivity index (χ2v) is 9.56. The van der Waals surface area contributed by atoms with Gasteiger partial charge in [0.15, 0.2) is 0 Å². The Kier molecular flexibility index (Phi) is 7.85. The molecule has 1 atom stereocenters. The number of rotatable bonds is 9. The molecule has 0 fully saturated rings.